The van der Waals surface area contributed by atoms with Gasteiger partial charge in [-0.2, -0.15) is 0 Å². The number of ether oxygens (including phenoxy) is 1. The molecule has 0 amide bonds. The maximum atomic E-state index is 12.9. The van der Waals surface area contributed by atoms with Crippen LogP contribution in [0.2, 0.25) is 0 Å². The molecule has 0 N–H and O–H groups in total. The molecule has 0 aliphatic carbocycles. The first-order chi connectivity index (χ1) is 10.4. The predicted molar refractivity (Wildman–Crippen MR) is 84.1 cm³/mol. The smallest absolute Gasteiger partial charge is 0.338 e. The van der Waals surface area contributed by atoms with Gasteiger partial charge in [0.05, 0.1) is 12.2 Å². The molecular formula is C18H26F2O2. The quantitative estimate of drug-likeness (QED) is 0.587. The van der Waals surface area contributed by atoms with Gasteiger partial charge in [-0.25, -0.2) is 13.6 Å². The van der Waals surface area contributed by atoms with Crippen molar-refractivity contribution in [3.8, 4) is 0 Å². The van der Waals surface area contributed by atoms with Crippen molar-refractivity contribution in [3.63, 3.8) is 0 Å². The standard InChI is InChI=1S/C18H26F2O2/c1-13(2)16(17(19)20)10-9-14(3)11-12-22-18(21)15-7-5-4-6-8-15/h4-8,13-14,16-17H,9-12H2,1-3H3/t14-,16?/m1/s1. The normalized spacial score (nSPS) is 14.1. The van der Waals surface area contributed by atoms with E-state index in [4.69, 9.17) is 4.74 Å². The number of alkyl halides is 2. The van der Waals surface area contributed by atoms with Crippen molar-refractivity contribution < 1.29 is 18.3 Å². The molecule has 0 aliphatic heterocycles. The molecule has 1 aromatic rings. The molecule has 124 valence electrons. The lowest BCUT2D eigenvalue weighted by atomic mass is 9.88. The third-order valence-corrected chi connectivity index (χ3v) is 4.03. The zero-order valence-corrected chi connectivity index (χ0v) is 13.6. The Morgan fingerprint density at radius 3 is 2.23 bits per heavy atom. The van der Waals surface area contributed by atoms with Gasteiger partial charge in [0.25, 0.3) is 0 Å². The van der Waals surface area contributed by atoms with Crippen LogP contribution in [0.15, 0.2) is 30.3 Å². The lowest BCUT2D eigenvalue weighted by Gasteiger charge is -2.21. The van der Waals surface area contributed by atoms with E-state index < -0.39 is 12.3 Å². The van der Waals surface area contributed by atoms with E-state index >= 15 is 0 Å². The summed E-state index contributed by atoms with van der Waals surface area (Å²) >= 11 is 0. The monoisotopic (exact) mass is 312 g/mol. The van der Waals surface area contributed by atoms with E-state index in [0.717, 1.165) is 6.42 Å². The molecule has 0 fully saturated rings. The van der Waals surface area contributed by atoms with Gasteiger partial charge in [0, 0.05) is 5.92 Å². The van der Waals surface area contributed by atoms with Crippen molar-refractivity contribution in [2.24, 2.45) is 17.8 Å². The number of halogens is 2. The summed E-state index contributed by atoms with van der Waals surface area (Å²) in [6, 6.07) is 8.83. The highest BCUT2D eigenvalue weighted by atomic mass is 19.3. The Kier molecular flexibility index (Phi) is 8.07. The molecular weight excluding hydrogens is 286 g/mol. The van der Waals surface area contributed by atoms with Crippen molar-refractivity contribution >= 4 is 5.97 Å². The fraction of sp³-hybridized carbons (Fsp3) is 0.611. The second-order valence-electron chi connectivity index (χ2n) is 6.22. The predicted octanol–water partition coefficient (Wildman–Crippen LogP) is 5.19. The van der Waals surface area contributed by atoms with Crippen LogP contribution in [-0.4, -0.2) is 19.0 Å². The van der Waals surface area contributed by atoms with E-state index in [9.17, 15) is 13.6 Å². The van der Waals surface area contributed by atoms with Crippen LogP contribution in [0.25, 0.3) is 0 Å². The highest BCUT2D eigenvalue weighted by molar-refractivity contribution is 5.89. The Hall–Kier alpha value is -1.45. The molecule has 22 heavy (non-hydrogen) atoms. The van der Waals surface area contributed by atoms with Gasteiger partial charge in [0.2, 0.25) is 6.43 Å². The molecule has 0 heterocycles. The Labute approximate surface area is 131 Å². The van der Waals surface area contributed by atoms with E-state index in [1.54, 1.807) is 24.3 Å². The zero-order chi connectivity index (χ0) is 16.5. The molecule has 0 saturated heterocycles. The minimum Gasteiger partial charge on any atom is -0.462 e. The van der Waals surface area contributed by atoms with Crippen molar-refractivity contribution in [2.45, 2.75) is 46.5 Å². The first-order valence-corrected chi connectivity index (χ1v) is 7.92. The SMILES string of the molecule is CC(C)C(CC[C@@H](C)CCOC(=O)c1ccccc1)C(F)F. The van der Waals surface area contributed by atoms with Gasteiger partial charge in [-0.1, -0.05) is 45.4 Å². The first kappa shape index (κ1) is 18.6. The molecule has 0 spiro atoms. The van der Waals surface area contributed by atoms with Crippen molar-refractivity contribution in [2.75, 3.05) is 6.61 Å². The zero-order valence-electron chi connectivity index (χ0n) is 13.6. The van der Waals surface area contributed by atoms with Crippen LogP contribution in [0.5, 0.6) is 0 Å². The second-order valence-corrected chi connectivity index (χ2v) is 6.22. The van der Waals surface area contributed by atoms with E-state index in [1.807, 2.05) is 26.8 Å². The van der Waals surface area contributed by atoms with E-state index in [2.05, 4.69) is 0 Å². The van der Waals surface area contributed by atoms with Crippen LogP contribution in [0.3, 0.4) is 0 Å². The van der Waals surface area contributed by atoms with Crippen molar-refractivity contribution in [1.29, 1.82) is 0 Å². The third-order valence-electron chi connectivity index (χ3n) is 4.03. The fourth-order valence-corrected chi connectivity index (χ4v) is 2.38. The summed E-state index contributed by atoms with van der Waals surface area (Å²) < 4.78 is 31.0. The Morgan fingerprint density at radius 2 is 1.68 bits per heavy atom. The van der Waals surface area contributed by atoms with Gasteiger partial charge < -0.3 is 4.74 Å². The highest BCUT2D eigenvalue weighted by Crippen LogP contribution is 2.27. The van der Waals surface area contributed by atoms with Crippen LogP contribution >= 0.6 is 0 Å². The number of hydrogen-bond donors (Lipinski definition) is 0. The molecule has 1 rings (SSSR count). The number of esters is 1. The van der Waals surface area contributed by atoms with Gasteiger partial charge in [-0.05, 0) is 36.8 Å². The van der Waals surface area contributed by atoms with Crippen molar-refractivity contribution in [3.05, 3.63) is 35.9 Å². The summed E-state index contributed by atoms with van der Waals surface area (Å²) in [5.41, 5.74) is 0.535. The average molecular weight is 312 g/mol. The first-order valence-electron chi connectivity index (χ1n) is 7.92. The molecule has 1 unspecified atom stereocenters. The van der Waals surface area contributed by atoms with E-state index in [1.165, 1.54) is 0 Å². The number of carbonyl (C=O) groups excluding carboxylic acids is 1. The van der Waals surface area contributed by atoms with Crippen LogP contribution in [0.1, 0.15) is 50.4 Å². The van der Waals surface area contributed by atoms with Gasteiger partial charge in [-0.3, -0.25) is 0 Å². The summed E-state index contributed by atoms with van der Waals surface area (Å²) in [6.07, 6.45) is -0.311. The number of carbonyl (C=O) groups is 1. The maximum absolute atomic E-state index is 12.9. The summed E-state index contributed by atoms with van der Waals surface area (Å²) in [5, 5.41) is 0. The molecule has 0 bridgehead atoms. The van der Waals surface area contributed by atoms with Crippen LogP contribution in [0, 0.1) is 17.8 Å². The topological polar surface area (TPSA) is 26.3 Å². The molecule has 0 radical (unpaired) electrons. The van der Waals surface area contributed by atoms with Gasteiger partial charge in [0.15, 0.2) is 0 Å². The number of rotatable bonds is 9. The molecule has 2 nitrogen and oxygen atoms in total. The van der Waals surface area contributed by atoms with Gasteiger partial charge >= 0.3 is 5.97 Å². The Bertz CT molecular complexity index is 424. The average Bonchev–Trinajstić information content (AvgIpc) is 2.47. The third kappa shape index (κ3) is 6.54. The van der Waals surface area contributed by atoms with Crippen LogP contribution in [-0.2, 0) is 4.74 Å². The number of hydrogen-bond acceptors (Lipinski definition) is 2. The minimum absolute atomic E-state index is 0.0110. The van der Waals surface area contributed by atoms with E-state index in [0.29, 0.717) is 25.0 Å². The number of benzene rings is 1. The van der Waals surface area contributed by atoms with E-state index in [-0.39, 0.29) is 17.8 Å². The lowest BCUT2D eigenvalue weighted by Crippen LogP contribution is -2.19. The summed E-state index contributed by atoms with van der Waals surface area (Å²) in [4.78, 5) is 11.7. The lowest BCUT2D eigenvalue weighted by molar-refractivity contribution is 0.0408. The highest BCUT2D eigenvalue weighted by Gasteiger charge is 2.24. The molecule has 2 atom stereocenters. The molecule has 1 aromatic carbocycles. The van der Waals surface area contributed by atoms with Crippen LogP contribution < -0.4 is 0 Å². The second kappa shape index (κ2) is 9.54. The fourth-order valence-electron chi connectivity index (χ4n) is 2.38. The largest absolute Gasteiger partial charge is 0.462 e. The minimum atomic E-state index is -2.26. The summed E-state index contributed by atoms with van der Waals surface area (Å²) in [6.45, 7) is 6.02. The van der Waals surface area contributed by atoms with Crippen LogP contribution in [0.4, 0.5) is 8.78 Å². The Morgan fingerprint density at radius 1 is 1.05 bits per heavy atom. The van der Waals surface area contributed by atoms with Gasteiger partial charge in [0.1, 0.15) is 0 Å². The molecule has 0 aliphatic rings. The Balaban J connectivity index is 2.26. The summed E-state index contributed by atoms with van der Waals surface area (Å²) in [7, 11) is 0. The summed E-state index contributed by atoms with van der Waals surface area (Å²) in [5.74, 6) is -0.624. The molecule has 0 aromatic heterocycles. The maximum Gasteiger partial charge on any atom is 0.338 e. The molecule has 4 heteroatoms. The van der Waals surface area contributed by atoms with Crippen molar-refractivity contribution in [1.82, 2.24) is 0 Å². The molecule has 0 saturated carbocycles. The van der Waals surface area contributed by atoms with Gasteiger partial charge in [-0.15, -0.1) is 0 Å².